The summed E-state index contributed by atoms with van der Waals surface area (Å²) in [7, 11) is 3.07. The molecule has 1 unspecified atom stereocenters. The lowest BCUT2D eigenvalue weighted by Crippen LogP contribution is -2.41. The number of aromatic nitrogens is 1. The second-order valence-corrected chi connectivity index (χ2v) is 10.1. The van der Waals surface area contributed by atoms with Crippen LogP contribution in [0.15, 0.2) is 60.4 Å². The monoisotopic (exact) mass is 573 g/mol. The van der Waals surface area contributed by atoms with E-state index in [1.165, 1.54) is 31.3 Å². The molecule has 2 heterocycles. The number of pyridine rings is 1. The van der Waals surface area contributed by atoms with Crippen LogP contribution in [0.3, 0.4) is 0 Å². The molecule has 218 valence electrons. The number of ether oxygens (including phenoxy) is 3. The van der Waals surface area contributed by atoms with Crippen molar-refractivity contribution in [2.75, 3.05) is 33.9 Å². The molecule has 9 nitrogen and oxygen atoms in total. The standard InChI is InChI=1S/C32H32FN3O6/c1-19-24(11-21-12-27(40-2)31(28(13-21)41-3)29-18-36(32(38)39)9-10-42-29)23-7-6-22(33)14-26(23)25(19)15-30(37)35-17-20-5-4-8-34-16-20/h4-8,11-14,16,29H,9-10,15,17-18H2,1-3H3,(H,35,37)(H,38,39)/b24-11-. The number of carboxylic acid groups (broad SMARTS) is 1. The number of carbonyl (C=O) groups is 2. The van der Waals surface area contributed by atoms with Crippen LogP contribution in [0.25, 0.3) is 17.2 Å². The number of nitrogens with one attached hydrogen (secondary N) is 1. The minimum atomic E-state index is -1.01. The predicted octanol–water partition coefficient (Wildman–Crippen LogP) is 5.32. The van der Waals surface area contributed by atoms with Crippen molar-refractivity contribution in [3.63, 3.8) is 0 Å². The molecule has 0 radical (unpaired) electrons. The number of nitrogens with zero attached hydrogens (tertiary/aromatic N) is 2. The molecular formula is C32H32FN3O6. The van der Waals surface area contributed by atoms with Crippen LogP contribution in [-0.2, 0) is 16.1 Å². The van der Waals surface area contributed by atoms with E-state index in [-0.39, 0.29) is 37.8 Å². The van der Waals surface area contributed by atoms with E-state index in [9.17, 15) is 19.1 Å². The van der Waals surface area contributed by atoms with Crippen molar-refractivity contribution in [1.82, 2.24) is 15.2 Å². The molecule has 2 N–H and O–H groups in total. The van der Waals surface area contributed by atoms with Gasteiger partial charge >= 0.3 is 6.09 Å². The van der Waals surface area contributed by atoms with Crippen molar-refractivity contribution < 1.29 is 33.3 Å². The first-order valence-electron chi connectivity index (χ1n) is 13.5. The van der Waals surface area contributed by atoms with Crippen LogP contribution >= 0.6 is 0 Å². The summed E-state index contributed by atoms with van der Waals surface area (Å²) in [5.74, 6) is 0.423. The third-order valence-corrected chi connectivity index (χ3v) is 7.54. The highest BCUT2D eigenvalue weighted by Crippen LogP contribution is 2.45. The number of hydrogen-bond donors (Lipinski definition) is 2. The van der Waals surface area contributed by atoms with Crippen molar-refractivity contribution >= 4 is 29.2 Å². The second kappa shape index (κ2) is 12.4. The second-order valence-electron chi connectivity index (χ2n) is 10.1. The number of hydrogen-bond acceptors (Lipinski definition) is 6. The van der Waals surface area contributed by atoms with Gasteiger partial charge in [-0.2, -0.15) is 0 Å². The number of rotatable bonds is 8. The Bertz CT molecular complexity index is 1540. The molecule has 2 amide bonds. The average molecular weight is 574 g/mol. The lowest BCUT2D eigenvalue weighted by Gasteiger charge is -2.32. The third-order valence-electron chi connectivity index (χ3n) is 7.54. The Morgan fingerprint density at radius 1 is 1.17 bits per heavy atom. The number of methoxy groups -OCH3 is 2. The fourth-order valence-electron chi connectivity index (χ4n) is 5.43. The van der Waals surface area contributed by atoms with E-state index < -0.39 is 12.2 Å². The van der Waals surface area contributed by atoms with Gasteiger partial charge in [-0.25, -0.2) is 9.18 Å². The quantitative estimate of drug-likeness (QED) is 0.375. The van der Waals surface area contributed by atoms with Crippen LogP contribution in [0.4, 0.5) is 9.18 Å². The molecule has 0 bridgehead atoms. The SMILES string of the molecule is COc1cc(/C=C2/C(C)=C(CC(=O)NCc3cccnc3)c3cc(F)ccc32)cc(OC)c1C1CN(C(=O)O)CCO1. The molecule has 3 aromatic rings. The lowest BCUT2D eigenvalue weighted by atomic mass is 9.97. The number of amides is 2. The van der Waals surface area contributed by atoms with Gasteiger partial charge in [0.15, 0.2) is 0 Å². The van der Waals surface area contributed by atoms with Crippen LogP contribution in [-0.4, -0.2) is 60.9 Å². The third kappa shape index (κ3) is 5.99. The first-order chi connectivity index (χ1) is 20.3. The molecule has 42 heavy (non-hydrogen) atoms. The summed E-state index contributed by atoms with van der Waals surface area (Å²) < 4.78 is 31.7. The van der Waals surface area contributed by atoms with E-state index in [1.807, 2.05) is 37.3 Å². The van der Waals surface area contributed by atoms with Gasteiger partial charge in [0.2, 0.25) is 5.91 Å². The molecule has 1 atom stereocenters. The summed E-state index contributed by atoms with van der Waals surface area (Å²) in [6, 6.07) is 12.0. The van der Waals surface area contributed by atoms with Gasteiger partial charge in [-0.05, 0) is 82.3 Å². The van der Waals surface area contributed by atoms with Gasteiger partial charge in [0.1, 0.15) is 23.4 Å². The Kier molecular flexibility index (Phi) is 8.53. The zero-order valence-corrected chi connectivity index (χ0v) is 23.6. The van der Waals surface area contributed by atoms with E-state index in [0.717, 1.165) is 33.4 Å². The van der Waals surface area contributed by atoms with Crippen LogP contribution in [0.5, 0.6) is 11.5 Å². The van der Waals surface area contributed by atoms with Crippen molar-refractivity contribution in [3.05, 3.63) is 94.1 Å². The van der Waals surface area contributed by atoms with Gasteiger partial charge in [0.25, 0.3) is 0 Å². The van der Waals surface area contributed by atoms with Gasteiger partial charge in [-0.1, -0.05) is 12.1 Å². The molecule has 1 aromatic heterocycles. The maximum Gasteiger partial charge on any atom is 0.407 e. The van der Waals surface area contributed by atoms with Crippen LogP contribution in [0.1, 0.15) is 47.3 Å². The zero-order valence-electron chi connectivity index (χ0n) is 23.6. The molecule has 1 saturated heterocycles. The maximum absolute atomic E-state index is 14.4. The van der Waals surface area contributed by atoms with Gasteiger partial charge < -0.3 is 29.5 Å². The van der Waals surface area contributed by atoms with Gasteiger partial charge in [-0.3, -0.25) is 9.78 Å². The Hall–Kier alpha value is -4.70. The molecule has 0 spiro atoms. The topological polar surface area (TPSA) is 110 Å². The number of allylic oxidation sites excluding steroid dienone is 2. The van der Waals surface area contributed by atoms with E-state index in [2.05, 4.69) is 10.3 Å². The number of carbonyl (C=O) groups excluding carboxylic acids is 1. The van der Waals surface area contributed by atoms with Crippen LogP contribution in [0, 0.1) is 5.82 Å². The van der Waals surface area contributed by atoms with Gasteiger partial charge in [0, 0.05) is 25.5 Å². The molecular weight excluding hydrogens is 541 g/mol. The fourth-order valence-corrected chi connectivity index (χ4v) is 5.43. The zero-order chi connectivity index (χ0) is 29.8. The normalized spacial score (nSPS) is 17.3. The van der Waals surface area contributed by atoms with E-state index in [0.29, 0.717) is 29.2 Å². The summed E-state index contributed by atoms with van der Waals surface area (Å²) in [4.78, 5) is 29.9. The smallest absolute Gasteiger partial charge is 0.407 e. The first kappa shape index (κ1) is 28.8. The molecule has 1 aliphatic heterocycles. The molecule has 1 fully saturated rings. The lowest BCUT2D eigenvalue weighted by molar-refractivity contribution is -0.120. The molecule has 2 aromatic carbocycles. The van der Waals surface area contributed by atoms with Crippen molar-refractivity contribution in [3.8, 4) is 11.5 Å². The van der Waals surface area contributed by atoms with Crippen LogP contribution in [0.2, 0.25) is 0 Å². The number of morpholine rings is 1. The van der Waals surface area contributed by atoms with Crippen molar-refractivity contribution in [2.45, 2.75) is 26.0 Å². The Morgan fingerprint density at radius 2 is 1.93 bits per heavy atom. The first-order valence-corrected chi connectivity index (χ1v) is 13.5. The summed E-state index contributed by atoms with van der Waals surface area (Å²) >= 11 is 0. The van der Waals surface area contributed by atoms with E-state index in [1.54, 1.807) is 18.5 Å². The maximum atomic E-state index is 14.4. The number of benzene rings is 2. The fraction of sp³-hybridized carbons (Fsp3) is 0.281. The molecule has 5 rings (SSSR count). The largest absolute Gasteiger partial charge is 0.496 e. The number of halogens is 1. The molecule has 2 aliphatic rings. The molecule has 1 aliphatic carbocycles. The van der Waals surface area contributed by atoms with Crippen molar-refractivity contribution in [2.24, 2.45) is 0 Å². The summed E-state index contributed by atoms with van der Waals surface area (Å²) in [6.45, 7) is 2.96. The van der Waals surface area contributed by atoms with Gasteiger partial charge in [0.05, 0.1) is 39.4 Å². The summed E-state index contributed by atoms with van der Waals surface area (Å²) in [6.07, 6.45) is 3.84. The highest BCUT2D eigenvalue weighted by molar-refractivity contribution is 6.08. The summed E-state index contributed by atoms with van der Waals surface area (Å²) in [5.41, 5.74) is 6.22. The Morgan fingerprint density at radius 3 is 2.60 bits per heavy atom. The van der Waals surface area contributed by atoms with Gasteiger partial charge in [-0.15, -0.1) is 0 Å². The minimum absolute atomic E-state index is 0.0879. The Balaban J connectivity index is 1.48. The van der Waals surface area contributed by atoms with Crippen molar-refractivity contribution in [1.29, 1.82) is 0 Å². The Labute approximate surface area is 243 Å². The molecule has 10 heteroatoms. The predicted molar refractivity (Wildman–Crippen MR) is 155 cm³/mol. The number of fused-ring (bicyclic) bond motifs is 1. The van der Waals surface area contributed by atoms with E-state index >= 15 is 0 Å². The molecule has 0 saturated carbocycles. The van der Waals surface area contributed by atoms with E-state index in [4.69, 9.17) is 14.2 Å². The highest BCUT2D eigenvalue weighted by atomic mass is 19.1. The minimum Gasteiger partial charge on any atom is -0.496 e. The highest BCUT2D eigenvalue weighted by Gasteiger charge is 2.31. The van der Waals surface area contributed by atoms with Crippen LogP contribution < -0.4 is 14.8 Å². The average Bonchev–Trinajstić information content (AvgIpc) is 3.25. The summed E-state index contributed by atoms with van der Waals surface area (Å²) in [5, 5.41) is 12.4.